The lowest BCUT2D eigenvalue weighted by atomic mass is 10.1. The monoisotopic (exact) mass is 176 g/mol. The van der Waals surface area contributed by atoms with Gasteiger partial charge in [-0.15, -0.1) is 0 Å². The van der Waals surface area contributed by atoms with Crippen molar-refractivity contribution in [3.8, 4) is 0 Å². The molecular weight excluding hydrogens is 164 g/mol. The number of nitrogens with one attached hydrogen (secondary N) is 1. The Bertz CT molecular complexity index is 157. The number of quaternary nitrogens is 1. The van der Waals surface area contributed by atoms with E-state index < -0.39 is 5.09 Å². The topological polar surface area (TPSA) is 87.7 Å². The summed E-state index contributed by atoms with van der Waals surface area (Å²) in [5.74, 6) is 0.440. The molecule has 1 saturated heterocycles. The van der Waals surface area contributed by atoms with Crippen LogP contribution in [0.5, 0.6) is 0 Å². The lowest BCUT2D eigenvalue weighted by Gasteiger charge is -2.17. The first-order chi connectivity index (χ1) is 5.52. The van der Waals surface area contributed by atoms with Crippen LogP contribution >= 0.6 is 0 Å². The second-order valence-electron chi connectivity index (χ2n) is 2.72. The van der Waals surface area contributed by atoms with Gasteiger partial charge in [-0.25, -0.2) is 0 Å². The van der Waals surface area contributed by atoms with E-state index in [4.69, 9.17) is 15.3 Å². The number of nitrogens with zero attached hydrogens (tertiary/aromatic N) is 1. The molecule has 0 unspecified atom stereocenters. The van der Waals surface area contributed by atoms with Crippen molar-refractivity contribution in [3.05, 3.63) is 15.3 Å². The molecule has 0 aromatic rings. The van der Waals surface area contributed by atoms with Crippen LogP contribution in [0.2, 0.25) is 0 Å². The second-order valence-corrected chi connectivity index (χ2v) is 2.72. The number of carbonyl (C=O) groups excluding carboxylic acids is 1. The average molecular weight is 176 g/mol. The number of carbonyl (C=O) groups is 1. The molecule has 12 heavy (non-hydrogen) atoms. The summed E-state index contributed by atoms with van der Waals surface area (Å²) in [4.78, 5) is 20.3. The van der Waals surface area contributed by atoms with Crippen LogP contribution in [-0.4, -0.2) is 31.0 Å². The van der Waals surface area contributed by atoms with Gasteiger partial charge in [0, 0.05) is 0 Å². The fraction of sp³-hybridized carbons (Fsp3) is 0.833. The summed E-state index contributed by atoms with van der Waals surface area (Å²) in [7, 11) is 2.13. The van der Waals surface area contributed by atoms with Crippen LogP contribution in [-0.2, 0) is 4.79 Å². The van der Waals surface area contributed by atoms with E-state index in [1.807, 2.05) is 0 Å². The van der Waals surface area contributed by atoms with Crippen molar-refractivity contribution >= 4 is 5.78 Å². The molecule has 0 atom stereocenters. The van der Waals surface area contributed by atoms with Gasteiger partial charge in [-0.1, -0.05) is 0 Å². The van der Waals surface area contributed by atoms with Crippen molar-refractivity contribution < 1.29 is 14.8 Å². The Morgan fingerprint density at radius 2 is 1.67 bits per heavy atom. The molecule has 1 fully saturated rings. The van der Waals surface area contributed by atoms with Crippen molar-refractivity contribution in [1.29, 1.82) is 0 Å². The predicted octanol–water partition coefficient (Wildman–Crippen LogP) is -1.38. The highest BCUT2D eigenvalue weighted by atomic mass is 16.9. The Kier molecular flexibility index (Phi) is 4.94. The molecule has 0 aromatic heterocycles. The first-order valence-electron chi connectivity index (χ1n) is 3.67. The molecule has 0 bridgehead atoms. The first-order valence-corrected chi connectivity index (χ1v) is 3.67. The fourth-order valence-electron chi connectivity index (χ4n) is 0.956. The highest BCUT2D eigenvalue weighted by molar-refractivity contribution is 5.78. The lowest BCUT2D eigenvalue weighted by Crippen LogP contribution is -3.10. The van der Waals surface area contributed by atoms with Crippen LogP contribution in [0, 0.1) is 15.3 Å². The van der Waals surface area contributed by atoms with Gasteiger partial charge in [0.05, 0.1) is 38.1 Å². The molecule has 1 rings (SSSR count). The molecule has 1 aliphatic heterocycles. The normalized spacial score (nSPS) is 17.9. The fourth-order valence-corrected chi connectivity index (χ4v) is 0.956. The minimum atomic E-state index is -1.75. The van der Waals surface area contributed by atoms with E-state index in [-0.39, 0.29) is 0 Å². The zero-order chi connectivity index (χ0) is 9.56. The highest BCUT2D eigenvalue weighted by Crippen LogP contribution is 1.88. The standard InChI is InChI=1S/C6H11NO.NO3/c1-7-4-2-6(8)3-5-7;2-1(3)4/h2-5H2,1H3;/q;-1/p+1. The molecule has 6 nitrogen and oxygen atoms in total. The summed E-state index contributed by atoms with van der Waals surface area (Å²) >= 11 is 0. The van der Waals surface area contributed by atoms with Crippen molar-refractivity contribution in [2.24, 2.45) is 0 Å². The van der Waals surface area contributed by atoms with Crippen LogP contribution in [0.1, 0.15) is 12.8 Å². The molecule has 1 heterocycles. The van der Waals surface area contributed by atoms with Gasteiger partial charge in [0.2, 0.25) is 0 Å². The lowest BCUT2D eigenvalue weighted by molar-refractivity contribution is -0.880. The molecule has 1 N–H and O–H groups in total. The summed E-state index contributed by atoms with van der Waals surface area (Å²) in [6.07, 6.45) is 1.59. The quantitative estimate of drug-likeness (QED) is 0.364. The number of hydrogen-bond acceptors (Lipinski definition) is 4. The van der Waals surface area contributed by atoms with Gasteiger partial charge in [-0.05, 0) is 0 Å². The molecule has 0 aliphatic carbocycles. The summed E-state index contributed by atoms with van der Waals surface area (Å²) in [6, 6.07) is 0. The number of rotatable bonds is 0. The minimum Gasteiger partial charge on any atom is -0.356 e. The maximum Gasteiger partial charge on any atom is 0.144 e. The Balaban J connectivity index is 0.000000261. The number of piperidine rings is 1. The molecule has 0 spiro atoms. The summed E-state index contributed by atoms with van der Waals surface area (Å²) < 4.78 is 0. The molecule has 6 heteroatoms. The van der Waals surface area contributed by atoms with Crippen molar-refractivity contribution in [1.82, 2.24) is 0 Å². The summed E-state index contributed by atoms with van der Waals surface area (Å²) in [6.45, 7) is 2.08. The van der Waals surface area contributed by atoms with Crippen molar-refractivity contribution in [2.75, 3.05) is 20.1 Å². The number of ketones is 1. The predicted molar refractivity (Wildman–Crippen MR) is 41.2 cm³/mol. The highest BCUT2D eigenvalue weighted by Gasteiger charge is 2.14. The van der Waals surface area contributed by atoms with E-state index >= 15 is 0 Å². The van der Waals surface area contributed by atoms with E-state index in [9.17, 15) is 4.79 Å². The van der Waals surface area contributed by atoms with Gasteiger partial charge in [0.15, 0.2) is 0 Å². The van der Waals surface area contributed by atoms with Crippen LogP contribution < -0.4 is 4.90 Å². The minimum absolute atomic E-state index is 0.440. The zero-order valence-corrected chi connectivity index (χ0v) is 6.91. The third-order valence-corrected chi connectivity index (χ3v) is 1.66. The molecular formula is C6H12N2O4. The maximum absolute atomic E-state index is 10.6. The zero-order valence-electron chi connectivity index (χ0n) is 6.91. The number of hydrogen-bond donors (Lipinski definition) is 1. The Morgan fingerprint density at radius 3 is 1.92 bits per heavy atom. The third-order valence-electron chi connectivity index (χ3n) is 1.66. The Labute approximate surface area is 69.9 Å². The van der Waals surface area contributed by atoms with Crippen LogP contribution in [0.4, 0.5) is 0 Å². The smallest absolute Gasteiger partial charge is 0.144 e. The second kappa shape index (κ2) is 5.48. The molecule has 0 amide bonds. The van der Waals surface area contributed by atoms with Gasteiger partial charge in [0.1, 0.15) is 5.78 Å². The summed E-state index contributed by atoms with van der Waals surface area (Å²) in [5, 5.41) is 14.8. The molecule has 0 saturated carbocycles. The summed E-state index contributed by atoms with van der Waals surface area (Å²) in [5.41, 5.74) is 0. The van der Waals surface area contributed by atoms with E-state index in [1.165, 1.54) is 4.90 Å². The van der Waals surface area contributed by atoms with Crippen LogP contribution in [0.15, 0.2) is 0 Å². The molecule has 70 valence electrons. The number of Topliss-reactive ketones (excluding diaryl/α,β-unsaturated/α-hetero) is 1. The maximum atomic E-state index is 10.6. The Hall–Kier alpha value is -1.17. The van der Waals surface area contributed by atoms with Crippen LogP contribution in [0.25, 0.3) is 0 Å². The largest absolute Gasteiger partial charge is 0.356 e. The van der Waals surface area contributed by atoms with E-state index in [2.05, 4.69) is 7.05 Å². The van der Waals surface area contributed by atoms with Crippen molar-refractivity contribution in [3.63, 3.8) is 0 Å². The molecule has 0 aromatic carbocycles. The van der Waals surface area contributed by atoms with Crippen LogP contribution in [0.3, 0.4) is 0 Å². The SMILES string of the molecule is C[NH+]1CCC(=O)CC1.O=[N+]([O-])[O-]. The average Bonchev–Trinajstić information content (AvgIpc) is 1.94. The Morgan fingerprint density at radius 1 is 1.33 bits per heavy atom. The molecule has 0 radical (unpaired) electrons. The van der Waals surface area contributed by atoms with Gasteiger partial charge < -0.3 is 20.2 Å². The number of likely N-dealkylation sites (tertiary alicyclic amines) is 1. The molecule has 1 aliphatic rings. The van der Waals surface area contributed by atoms with Gasteiger partial charge >= 0.3 is 0 Å². The van der Waals surface area contributed by atoms with Gasteiger partial charge in [0.25, 0.3) is 0 Å². The first kappa shape index (κ1) is 10.8. The van der Waals surface area contributed by atoms with Gasteiger partial charge in [-0.2, -0.15) is 0 Å². The third kappa shape index (κ3) is 6.94. The van der Waals surface area contributed by atoms with Crippen molar-refractivity contribution in [2.45, 2.75) is 12.8 Å². The van der Waals surface area contributed by atoms with E-state index in [1.54, 1.807) is 0 Å². The van der Waals surface area contributed by atoms with E-state index in [0.717, 1.165) is 25.9 Å². The van der Waals surface area contributed by atoms with E-state index in [0.29, 0.717) is 5.78 Å². The van der Waals surface area contributed by atoms with Gasteiger partial charge in [-0.3, -0.25) is 4.79 Å².